The molecule has 2 atom stereocenters. The maximum Gasteiger partial charge on any atom is 0.0329 e. The van der Waals surface area contributed by atoms with Crippen LogP contribution in [0.1, 0.15) is 91.4 Å². The number of nitrogens with two attached hydrogens (primary N) is 1. The van der Waals surface area contributed by atoms with Crippen LogP contribution in [0.3, 0.4) is 0 Å². The lowest BCUT2D eigenvalue weighted by atomic mass is 9.85. The molecule has 2 heteroatoms. The number of likely N-dealkylation sites (tertiary alicyclic amines) is 1. The molecule has 2 nitrogen and oxygen atoms in total. The van der Waals surface area contributed by atoms with Crippen LogP contribution in [-0.4, -0.2) is 29.6 Å². The van der Waals surface area contributed by atoms with Gasteiger partial charge in [0.2, 0.25) is 0 Å². The molecule has 1 aliphatic heterocycles. The summed E-state index contributed by atoms with van der Waals surface area (Å²) in [6.07, 6.45) is 14.8. The Kier molecular flexibility index (Phi) is 8.79. The van der Waals surface area contributed by atoms with E-state index >= 15 is 0 Å². The van der Waals surface area contributed by atoms with E-state index in [-0.39, 0.29) is 5.54 Å². The lowest BCUT2D eigenvalue weighted by Crippen LogP contribution is -2.56. The van der Waals surface area contributed by atoms with E-state index in [0.717, 1.165) is 0 Å². The molecule has 2 unspecified atom stereocenters. The second-order valence-electron chi connectivity index (χ2n) is 6.92. The average Bonchev–Trinajstić information content (AvgIpc) is 3.00. The van der Waals surface area contributed by atoms with Gasteiger partial charge in [-0.25, -0.2) is 0 Å². The van der Waals surface area contributed by atoms with Crippen molar-refractivity contribution in [3.63, 3.8) is 0 Å². The fourth-order valence-electron chi connectivity index (χ4n) is 3.58. The minimum atomic E-state index is 0.235. The molecule has 0 radical (unpaired) electrons. The first kappa shape index (κ1) is 18.0. The minimum absolute atomic E-state index is 0.235. The molecule has 0 spiro atoms. The molecule has 0 bridgehead atoms. The molecule has 1 heterocycles. The fourth-order valence-corrected chi connectivity index (χ4v) is 3.58. The fraction of sp³-hybridized carbons (Fsp3) is 1.00. The van der Waals surface area contributed by atoms with Gasteiger partial charge in [-0.2, -0.15) is 0 Å². The quantitative estimate of drug-likeness (QED) is 0.556. The normalized spacial score (nSPS) is 21.0. The minimum Gasteiger partial charge on any atom is -0.326 e. The third-order valence-electron chi connectivity index (χ3n) is 5.46. The average molecular weight is 283 g/mol. The van der Waals surface area contributed by atoms with Crippen molar-refractivity contribution in [2.45, 2.75) is 103 Å². The van der Waals surface area contributed by atoms with Gasteiger partial charge in [-0.3, -0.25) is 4.90 Å². The van der Waals surface area contributed by atoms with Gasteiger partial charge >= 0.3 is 0 Å². The predicted octanol–water partition coefficient (Wildman–Crippen LogP) is 4.72. The van der Waals surface area contributed by atoms with Crippen LogP contribution in [0.2, 0.25) is 0 Å². The zero-order valence-corrected chi connectivity index (χ0v) is 14.3. The standard InChI is InChI=1S/C18H38N2/c1-4-6-7-8-9-10-11-14-17(19)18(3,5-2)20-15-12-13-16-20/h17H,4-16,19H2,1-3H3. The van der Waals surface area contributed by atoms with E-state index in [1.807, 2.05) is 0 Å². The van der Waals surface area contributed by atoms with E-state index < -0.39 is 0 Å². The largest absolute Gasteiger partial charge is 0.326 e. The summed E-state index contributed by atoms with van der Waals surface area (Å²) in [5.74, 6) is 0. The molecule has 1 rings (SSSR count). The zero-order valence-electron chi connectivity index (χ0n) is 14.3. The van der Waals surface area contributed by atoms with Crippen LogP contribution in [0.15, 0.2) is 0 Å². The Morgan fingerprint density at radius 3 is 2.05 bits per heavy atom. The molecule has 1 saturated heterocycles. The maximum absolute atomic E-state index is 6.56. The summed E-state index contributed by atoms with van der Waals surface area (Å²) in [5, 5.41) is 0. The highest BCUT2D eigenvalue weighted by Gasteiger charge is 2.36. The number of rotatable bonds is 11. The molecule has 20 heavy (non-hydrogen) atoms. The summed E-state index contributed by atoms with van der Waals surface area (Å²) in [6, 6.07) is 0.348. The number of hydrogen-bond donors (Lipinski definition) is 1. The molecule has 1 aliphatic rings. The second kappa shape index (κ2) is 9.78. The Bertz CT molecular complexity index is 236. The van der Waals surface area contributed by atoms with E-state index in [9.17, 15) is 0 Å². The first-order valence-electron chi connectivity index (χ1n) is 9.15. The van der Waals surface area contributed by atoms with E-state index in [4.69, 9.17) is 5.73 Å². The maximum atomic E-state index is 6.56. The van der Waals surface area contributed by atoms with Crippen LogP contribution in [0, 0.1) is 0 Å². The third kappa shape index (κ3) is 5.37. The van der Waals surface area contributed by atoms with E-state index in [1.54, 1.807) is 0 Å². The van der Waals surface area contributed by atoms with Crippen molar-refractivity contribution in [3.8, 4) is 0 Å². The molecule has 0 saturated carbocycles. The highest BCUT2D eigenvalue weighted by molar-refractivity contribution is 4.96. The van der Waals surface area contributed by atoms with E-state index in [0.29, 0.717) is 6.04 Å². The number of nitrogens with zero attached hydrogens (tertiary/aromatic N) is 1. The summed E-state index contributed by atoms with van der Waals surface area (Å²) in [4.78, 5) is 2.65. The summed E-state index contributed by atoms with van der Waals surface area (Å²) in [6.45, 7) is 9.50. The van der Waals surface area contributed by atoms with Gasteiger partial charge in [-0.05, 0) is 45.7 Å². The molecular formula is C18H38N2. The first-order valence-corrected chi connectivity index (χ1v) is 9.15. The Hall–Kier alpha value is -0.0800. The van der Waals surface area contributed by atoms with Gasteiger partial charge < -0.3 is 5.73 Å². The molecule has 0 aliphatic carbocycles. The molecule has 120 valence electrons. The van der Waals surface area contributed by atoms with Crippen LogP contribution < -0.4 is 5.73 Å². The Morgan fingerprint density at radius 2 is 1.50 bits per heavy atom. The van der Waals surface area contributed by atoms with Crippen molar-refractivity contribution in [1.29, 1.82) is 0 Å². The second-order valence-corrected chi connectivity index (χ2v) is 6.92. The van der Waals surface area contributed by atoms with Crippen molar-refractivity contribution in [3.05, 3.63) is 0 Å². The summed E-state index contributed by atoms with van der Waals surface area (Å²) < 4.78 is 0. The monoisotopic (exact) mass is 282 g/mol. The van der Waals surface area contributed by atoms with Crippen LogP contribution in [0.25, 0.3) is 0 Å². The topological polar surface area (TPSA) is 29.3 Å². The summed E-state index contributed by atoms with van der Waals surface area (Å²) in [5.41, 5.74) is 6.80. The van der Waals surface area contributed by atoms with Crippen LogP contribution in [0.4, 0.5) is 0 Å². The molecular weight excluding hydrogens is 244 g/mol. The Labute approximate surface area is 127 Å². The van der Waals surface area contributed by atoms with Crippen molar-refractivity contribution in [1.82, 2.24) is 4.90 Å². The molecule has 0 aromatic heterocycles. The van der Waals surface area contributed by atoms with Gasteiger partial charge in [0.1, 0.15) is 0 Å². The molecule has 0 amide bonds. The molecule has 2 N–H and O–H groups in total. The molecule has 0 aromatic carbocycles. The van der Waals surface area contributed by atoms with Gasteiger partial charge in [0, 0.05) is 11.6 Å². The van der Waals surface area contributed by atoms with E-state index in [2.05, 4.69) is 25.7 Å². The highest BCUT2D eigenvalue weighted by Crippen LogP contribution is 2.29. The van der Waals surface area contributed by atoms with Gasteiger partial charge in [-0.15, -0.1) is 0 Å². The summed E-state index contributed by atoms with van der Waals surface area (Å²) >= 11 is 0. The Morgan fingerprint density at radius 1 is 0.950 bits per heavy atom. The van der Waals surface area contributed by atoms with Crippen molar-refractivity contribution in [2.24, 2.45) is 5.73 Å². The van der Waals surface area contributed by atoms with Crippen LogP contribution in [-0.2, 0) is 0 Å². The zero-order chi connectivity index (χ0) is 14.8. The van der Waals surface area contributed by atoms with Crippen molar-refractivity contribution >= 4 is 0 Å². The van der Waals surface area contributed by atoms with E-state index in [1.165, 1.54) is 83.7 Å². The molecule has 1 fully saturated rings. The van der Waals surface area contributed by atoms with Crippen LogP contribution >= 0.6 is 0 Å². The number of unbranched alkanes of at least 4 members (excludes halogenated alkanes) is 6. The SMILES string of the molecule is CCCCCCCCCC(N)C(C)(CC)N1CCCC1. The van der Waals surface area contributed by atoms with Gasteiger partial charge in [0.15, 0.2) is 0 Å². The third-order valence-corrected chi connectivity index (χ3v) is 5.46. The van der Waals surface area contributed by atoms with Gasteiger partial charge in [0.05, 0.1) is 0 Å². The van der Waals surface area contributed by atoms with Crippen molar-refractivity contribution in [2.75, 3.05) is 13.1 Å². The van der Waals surface area contributed by atoms with Crippen LogP contribution in [0.5, 0.6) is 0 Å². The number of hydrogen-bond acceptors (Lipinski definition) is 2. The van der Waals surface area contributed by atoms with Gasteiger partial charge in [-0.1, -0.05) is 58.8 Å². The first-order chi connectivity index (χ1) is 9.65. The lowest BCUT2D eigenvalue weighted by Gasteiger charge is -2.43. The smallest absolute Gasteiger partial charge is 0.0329 e. The Balaban J connectivity index is 2.20. The highest BCUT2D eigenvalue weighted by atomic mass is 15.2. The molecule has 0 aromatic rings. The lowest BCUT2D eigenvalue weighted by molar-refractivity contribution is 0.0953. The summed E-state index contributed by atoms with van der Waals surface area (Å²) in [7, 11) is 0. The predicted molar refractivity (Wildman–Crippen MR) is 90.1 cm³/mol. The van der Waals surface area contributed by atoms with Crippen molar-refractivity contribution < 1.29 is 0 Å². The van der Waals surface area contributed by atoms with Gasteiger partial charge in [0.25, 0.3) is 0 Å².